The van der Waals surface area contributed by atoms with Gasteiger partial charge in [-0.05, 0) is 45.1 Å². The fraction of sp³-hybridized carbons (Fsp3) is 0.650. The van der Waals surface area contributed by atoms with Crippen molar-refractivity contribution in [2.24, 2.45) is 0 Å². The Hall–Kier alpha value is -0.800. The van der Waals surface area contributed by atoms with Crippen molar-refractivity contribution in [3.63, 3.8) is 0 Å². The summed E-state index contributed by atoms with van der Waals surface area (Å²) in [5, 5.41) is 0. The van der Waals surface area contributed by atoms with Gasteiger partial charge in [-0.3, -0.25) is 4.79 Å². The van der Waals surface area contributed by atoms with E-state index in [-0.39, 0.29) is 5.78 Å². The summed E-state index contributed by atoms with van der Waals surface area (Å²) >= 11 is 1.68. The highest BCUT2D eigenvalue weighted by Gasteiger charge is 2.29. The fourth-order valence-corrected chi connectivity index (χ4v) is 4.22. The monoisotopic (exact) mass is 334 g/mol. The predicted octanol–water partition coefficient (Wildman–Crippen LogP) is 5.47. The van der Waals surface area contributed by atoms with Crippen LogP contribution in [0.25, 0.3) is 0 Å². The lowest BCUT2D eigenvalue weighted by Crippen LogP contribution is -2.29. The first-order chi connectivity index (χ1) is 11.0. The molecule has 1 aromatic rings. The highest BCUT2D eigenvalue weighted by atomic mass is 32.2. The summed E-state index contributed by atoms with van der Waals surface area (Å²) in [4.78, 5) is 12.8. The average molecular weight is 335 g/mol. The molecule has 0 spiro atoms. The SMILES string of the molecule is CCOCCSC(C)(C)C(=O)c1ccc(C2CCCCC2)cc1. The van der Waals surface area contributed by atoms with Gasteiger partial charge < -0.3 is 4.74 Å². The molecule has 0 N–H and O–H groups in total. The zero-order chi connectivity index (χ0) is 16.7. The molecule has 0 atom stereocenters. The van der Waals surface area contributed by atoms with Crippen LogP contribution in [0, 0.1) is 0 Å². The molecule has 0 heterocycles. The van der Waals surface area contributed by atoms with Crippen LogP contribution in [-0.2, 0) is 4.74 Å². The van der Waals surface area contributed by atoms with Crippen molar-refractivity contribution in [1.82, 2.24) is 0 Å². The van der Waals surface area contributed by atoms with Gasteiger partial charge in [-0.25, -0.2) is 0 Å². The number of rotatable bonds is 8. The molecule has 0 radical (unpaired) electrons. The van der Waals surface area contributed by atoms with Crippen LogP contribution in [0.15, 0.2) is 24.3 Å². The zero-order valence-electron chi connectivity index (χ0n) is 14.8. The Balaban J connectivity index is 1.95. The molecule has 0 bridgehead atoms. The second-order valence-electron chi connectivity index (χ2n) is 6.84. The van der Waals surface area contributed by atoms with E-state index in [4.69, 9.17) is 4.74 Å². The summed E-state index contributed by atoms with van der Waals surface area (Å²) in [6.07, 6.45) is 6.65. The van der Waals surface area contributed by atoms with Gasteiger partial charge in [0.05, 0.1) is 11.4 Å². The maximum absolute atomic E-state index is 12.8. The molecule has 1 aromatic carbocycles. The van der Waals surface area contributed by atoms with Crippen molar-refractivity contribution in [2.45, 2.75) is 63.5 Å². The molecule has 1 saturated carbocycles. The number of hydrogen-bond donors (Lipinski definition) is 0. The zero-order valence-corrected chi connectivity index (χ0v) is 15.6. The molecule has 0 saturated heterocycles. The predicted molar refractivity (Wildman–Crippen MR) is 99.6 cm³/mol. The van der Waals surface area contributed by atoms with Gasteiger partial charge in [0.1, 0.15) is 0 Å². The van der Waals surface area contributed by atoms with Crippen molar-refractivity contribution in [2.75, 3.05) is 19.0 Å². The number of Topliss-reactive ketones (excluding diaryl/α,β-unsaturated/α-hetero) is 1. The summed E-state index contributed by atoms with van der Waals surface area (Å²) in [6, 6.07) is 8.39. The Kier molecular flexibility index (Phi) is 7.16. The van der Waals surface area contributed by atoms with Gasteiger partial charge in [0.2, 0.25) is 0 Å². The Morgan fingerprint density at radius 3 is 2.43 bits per heavy atom. The van der Waals surface area contributed by atoms with E-state index in [2.05, 4.69) is 12.1 Å². The van der Waals surface area contributed by atoms with Crippen LogP contribution in [0.1, 0.15) is 74.7 Å². The number of benzene rings is 1. The normalized spacial score (nSPS) is 16.5. The smallest absolute Gasteiger partial charge is 0.178 e. The Morgan fingerprint density at radius 2 is 1.83 bits per heavy atom. The average Bonchev–Trinajstić information content (AvgIpc) is 2.59. The molecule has 2 nitrogen and oxygen atoms in total. The molecule has 3 heteroatoms. The summed E-state index contributed by atoms with van der Waals surface area (Å²) in [5.74, 6) is 1.77. The van der Waals surface area contributed by atoms with Crippen molar-refractivity contribution in [1.29, 1.82) is 0 Å². The number of ether oxygens (including phenoxy) is 1. The summed E-state index contributed by atoms with van der Waals surface area (Å²) < 4.78 is 4.97. The number of ketones is 1. The molecule has 0 unspecified atom stereocenters. The van der Waals surface area contributed by atoms with Crippen LogP contribution in [0.5, 0.6) is 0 Å². The Bertz CT molecular complexity index is 487. The van der Waals surface area contributed by atoms with Crippen LogP contribution in [0.4, 0.5) is 0 Å². The van der Waals surface area contributed by atoms with Crippen LogP contribution < -0.4 is 0 Å². The third-order valence-electron chi connectivity index (χ3n) is 4.69. The Labute approximate surface area is 145 Å². The van der Waals surface area contributed by atoms with Crippen LogP contribution >= 0.6 is 11.8 Å². The lowest BCUT2D eigenvalue weighted by atomic mass is 9.83. The highest BCUT2D eigenvalue weighted by molar-refractivity contribution is 8.01. The van der Waals surface area contributed by atoms with Crippen molar-refractivity contribution >= 4 is 17.5 Å². The maximum atomic E-state index is 12.8. The van der Waals surface area contributed by atoms with Crippen molar-refractivity contribution in [3.8, 4) is 0 Å². The first-order valence-electron chi connectivity index (χ1n) is 8.91. The molecule has 1 fully saturated rings. The molecule has 1 aliphatic carbocycles. The van der Waals surface area contributed by atoms with Gasteiger partial charge in [-0.1, -0.05) is 43.5 Å². The van der Waals surface area contributed by atoms with E-state index < -0.39 is 4.75 Å². The van der Waals surface area contributed by atoms with Gasteiger partial charge in [-0.15, -0.1) is 11.8 Å². The van der Waals surface area contributed by atoms with E-state index in [0.29, 0.717) is 12.5 Å². The van der Waals surface area contributed by atoms with Gasteiger partial charge >= 0.3 is 0 Å². The minimum atomic E-state index is -0.399. The standard InChI is InChI=1S/C20H30O2S/c1-4-22-14-15-23-20(2,3)19(21)18-12-10-17(11-13-18)16-8-6-5-7-9-16/h10-13,16H,4-9,14-15H2,1-3H3. The largest absolute Gasteiger partial charge is 0.381 e. The van der Waals surface area contributed by atoms with Gasteiger partial charge in [0.25, 0.3) is 0 Å². The minimum Gasteiger partial charge on any atom is -0.381 e. The van der Waals surface area contributed by atoms with E-state index in [0.717, 1.165) is 17.9 Å². The molecular weight excluding hydrogens is 304 g/mol. The fourth-order valence-electron chi connectivity index (χ4n) is 3.26. The lowest BCUT2D eigenvalue weighted by Gasteiger charge is -2.24. The van der Waals surface area contributed by atoms with E-state index in [1.165, 1.54) is 37.7 Å². The molecule has 0 aromatic heterocycles. The molecule has 0 amide bonds. The van der Waals surface area contributed by atoms with Crippen molar-refractivity contribution < 1.29 is 9.53 Å². The maximum Gasteiger partial charge on any atom is 0.178 e. The molecule has 23 heavy (non-hydrogen) atoms. The Morgan fingerprint density at radius 1 is 1.17 bits per heavy atom. The summed E-state index contributed by atoms with van der Waals surface area (Å²) in [7, 11) is 0. The third-order valence-corrected chi connectivity index (χ3v) is 5.97. The quantitative estimate of drug-likeness (QED) is 0.466. The van der Waals surface area contributed by atoms with Gasteiger partial charge in [0.15, 0.2) is 5.78 Å². The third kappa shape index (κ3) is 5.36. The number of carbonyl (C=O) groups is 1. The van der Waals surface area contributed by atoms with Crippen molar-refractivity contribution in [3.05, 3.63) is 35.4 Å². The topological polar surface area (TPSA) is 26.3 Å². The van der Waals surface area contributed by atoms with E-state index in [9.17, 15) is 4.79 Å². The minimum absolute atomic E-state index is 0.217. The lowest BCUT2D eigenvalue weighted by molar-refractivity contribution is 0.0957. The van der Waals surface area contributed by atoms with Gasteiger partial charge in [0, 0.05) is 17.9 Å². The van der Waals surface area contributed by atoms with E-state index in [1.54, 1.807) is 11.8 Å². The molecule has 0 aliphatic heterocycles. The number of hydrogen-bond acceptors (Lipinski definition) is 3. The second kappa shape index (κ2) is 8.89. The first-order valence-corrected chi connectivity index (χ1v) is 9.89. The van der Waals surface area contributed by atoms with E-state index >= 15 is 0 Å². The summed E-state index contributed by atoms with van der Waals surface area (Å²) in [5.41, 5.74) is 2.24. The van der Waals surface area contributed by atoms with Crippen LogP contribution in [-0.4, -0.2) is 29.5 Å². The van der Waals surface area contributed by atoms with E-state index in [1.807, 2.05) is 32.9 Å². The van der Waals surface area contributed by atoms with Crippen LogP contribution in [0.3, 0.4) is 0 Å². The number of thioether (sulfide) groups is 1. The number of carbonyl (C=O) groups excluding carboxylic acids is 1. The molecule has 2 rings (SSSR count). The molecule has 128 valence electrons. The summed E-state index contributed by atoms with van der Waals surface area (Å²) in [6.45, 7) is 7.47. The molecular formula is C20H30O2S. The molecule has 1 aliphatic rings. The first kappa shape index (κ1) is 18.5. The van der Waals surface area contributed by atoms with Crippen LogP contribution in [0.2, 0.25) is 0 Å². The van der Waals surface area contributed by atoms with Gasteiger partial charge in [-0.2, -0.15) is 0 Å². The highest BCUT2D eigenvalue weighted by Crippen LogP contribution is 2.33. The second-order valence-corrected chi connectivity index (χ2v) is 8.56.